The second-order valence-electron chi connectivity index (χ2n) is 5.74. The van der Waals surface area contributed by atoms with Crippen LogP contribution < -0.4 is 5.73 Å². The highest BCUT2D eigenvalue weighted by atomic mass is 35.5. The van der Waals surface area contributed by atoms with Crippen LogP contribution in [0.5, 0.6) is 0 Å². The van der Waals surface area contributed by atoms with E-state index in [9.17, 15) is 4.39 Å². The first-order chi connectivity index (χ1) is 8.44. The zero-order valence-corrected chi connectivity index (χ0v) is 11.9. The normalized spacial score (nSPS) is 19.2. The van der Waals surface area contributed by atoms with Crippen molar-refractivity contribution in [1.82, 2.24) is 0 Å². The molecule has 1 aliphatic carbocycles. The van der Waals surface area contributed by atoms with E-state index in [2.05, 4.69) is 13.8 Å². The van der Waals surface area contributed by atoms with Gasteiger partial charge in [-0.25, -0.2) is 4.39 Å². The maximum atomic E-state index is 14.3. The van der Waals surface area contributed by atoms with Gasteiger partial charge in [0.15, 0.2) is 0 Å². The third kappa shape index (κ3) is 2.55. The van der Waals surface area contributed by atoms with Gasteiger partial charge in [-0.3, -0.25) is 0 Å². The summed E-state index contributed by atoms with van der Waals surface area (Å²) < 4.78 is 14.3. The Morgan fingerprint density at radius 2 is 1.83 bits per heavy atom. The lowest BCUT2D eigenvalue weighted by atomic mass is 9.76. The predicted octanol–water partition coefficient (Wildman–Crippen LogP) is 4.72. The van der Waals surface area contributed by atoms with Crippen LogP contribution in [0.25, 0.3) is 0 Å². The second kappa shape index (κ2) is 5.18. The molecule has 0 radical (unpaired) electrons. The van der Waals surface area contributed by atoms with Gasteiger partial charge < -0.3 is 5.73 Å². The first kappa shape index (κ1) is 13.8. The molecule has 1 aliphatic rings. The Hall–Kier alpha value is -0.600. The smallest absolute Gasteiger partial charge is 0.146 e. The number of hydrogen-bond acceptors (Lipinski definition) is 1. The Bertz CT molecular complexity index is 436. The van der Waals surface area contributed by atoms with Crippen molar-refractivity contribution in [3.05, 3.63) is 34.1 Å². The van der Waals surface area contributed by atoms with Gasteiger partial charge in [-0.1, -0.05) is 50.8 Å². The fraction of sp³-hybridized carbons (Fsp3) is 0.600. The summed E-state index contributed by atoms with van der Waals surface area (Å²) in [6, 6.07) is 3.63. The van der Waals surface area contributed by atoms with Gasteiger partial charge in [-0.05, 0) is 30.4 Å². The van der Waals surface area contributed by atoms with Crippen LogP contribution in [-0.4, -0.2) is 0 Å². The minimum Gasteiger partial charge on any atom is -0.321 e. The largest absolute Gasteiger partial charge is 0.321 e. The molecule has 0 aromatic heterocycles. The molecule has 1 fully saturated rings. The Morgan fingerprint density at radius 1 is 1.22 bits per heavy atom. The maximum Gasteiger partial charge on any atom is 0.146 e. The van der Waals surface area contributed by atoms with Crippen LogP contribution in [-0.2, 0) is 5.54 Å². The third-order valence-electron chi connectivity index (χ3n) is 4.00. The molecule has 100 valence electrons. The summed E-state index contributed by atoms with van der Waals surface area (Å²) in [7, 11) is 0. The number of nitrogens with two attached hydrogens (primary N) is 1. The van der Waals surface area contributed by atoms with Crippen LogP contribution in [0.1, 0.15) is 63.0 Å². The molecular formula is C15H21ClFN. The van der Waals surface area contributed by atoms with E-state index in [1.54, 1.807) is 6.07 Å². The zero-order chi connectivity index (χ0) is 13.3. The van der Waals surface area contributed by atoms with Gasteiger partial charge in [0.05, 0.1) is 5.02 Å². The van der Waals surface area contributed by atoms with Gasteiger partial charge >= 0.3 is 0 Å². The lowest BCUT2D eigenvalue weighted by Crippen LogP contribution is -2.39. The molecule has 18 heavy (non-hydrogen) atoms. The van der Waals surface area contributed by atoms with Gasteiger partial charge in [-0.15, -0.1) is 0 Å². The molecule has 0 heterocycles. The molecule has 0 spiro atoms. The maximum absolute atomic E-state index is 14.3. The summed E-state index contributed by atoms with van der Waals surface area (Å²) in [5.41, 5.74) is 7.56. The molecule has 0 bridgehead atoms. The lowest BCUT2D eigenvalue weighted by Gasteiger charge is -2.34. The Labute approximate surface area is 114 Å². The van der Waals surface area contributed by atoms with E-state index >= 15 is 0 Å². The molecule has 0 saturated heterocycles. The summed E-state index contributed by atoms with van der Waals surface area (Å²) >= 11 is 6.01. The van der Waals surface area contributed by atoms with E-state index in [-0.39, 0.29) is 10.8 Å². The molecule has 1 saturated carbocycles. The Kier molecular flexibility index (Phi) is 3.98. The van der Waals surface area contributed by atoms with E-state index in [0.717, 1.165) is 31.2 Å². The van der Waals surface area contributed by atoms with Crippen LogP contribution in [0.3, 0.4) is 0 Å². The number of benzene rings is 1. The highest BCUT2D eigenvalue weighted by molar-refractivity contribution is 6.30. The van der Waals surface area contributed by atoms with Gasteiger partial charge in [0.25, 0.3) is 0 Å². The van der Waals surface area contributed by atoms with Crippen molar-refractivity contribution in [1.29, 1.82) is 0 Å². The number of hydrogen-bond donors (Lipinski definition) is 1. The van der Waals surface area contributed by atoms with E-state index in [4.69, 9.17) is 17.3 Å². The van der Waals surface area contributed by atoms with Gasteiger partial charge in [0, 0.05) is 11.1 Å². The molecule has 0 aliphatic heterocycles. The van der Waals surface area contributed by atoms with Gasteiger partial charge in [-0.2, -0.15) is 0 Å². The highest BCUT2D eigenvalue weighted by Crippen LogP contribution is 2.39. The van der Waals surface area contributed by atoms with Crippen molar-refractivity contribution in [3.8, 4) is 0 Å². The molecule has 0 amide bonds. The number of rotatable bonds is 2. The summed E-state index contributed by atoms with van der Waals surface area (Å²) in [6.45, 7) is 4.16. The molecule has 0 atom stereocenters. The molecule has 1 nitrogen and oxygen atoms in total. The third-order valence-corrected chi connectivity index (χ3v) is 4.27. The van der Waals surface area contributed by atoms with Crippen molar-refractivity contribution in [2.24, 2.45) is 5.73 Å². The fourth-order valence-corrected chi connectivity index (χ4v) is 2.99. The Balaban J connectivity index is 2.48. The summed E-state index contributed by atoms with van der Waals surface area (Å²) in [4.78, 5) is 0. The van der Waals surface area contributed by atoms with Crippen molar-refractivity contribution >= 4 is 11.6 Å². The van der Waals surface area contributed by atoms with Crippen molar-refractivity contribution in [2.75, 3.05) is 0 Å². The lowest BCUT2D eigenvalue weighted by molar-refractivity contribution is 0.292. The van der Waals surface area contributed by atoms with Crippen LogP contribution in [0.4, 0.5) is 4.39 Å². The minimum absolute atomic E-state index is 0.201. The summed E-state index contributed by atoms with van der Waals surface area (Å²) in [5, 5.41) is 0.201. The van der Waals surface area contributed by atoms with Crippen LogP contribution >= 0.6 is 11.6 Å². The molecule has 1 aromatic carbocycles. The summed E-state index contributed by atoms with van der Waals surface area (Å²) in [5.74, 6) is -0.000456. The quantitative estimate of drug-likeness (QED) is 0.826. The minimum atomic E-state index is -0.531. The monoisotopic (exact) mass is 269 g/mol. The molecule has 2 rings (SSSR count). The summed E-state index contributed by atoms with van der Waals surface area (Å²) in [6.07, 6.45) is 5.03. The fourth-order valence-electron chi connectivity index (χ4n) is 2.76. The topological polar surface area (TPSA) is 26.0 Å². The van der Waals surface area contributed by atoms with Gasteiger partial charge in [0.1, 0.15) is 5.82 Å². The van der Waals surface area contributed by atoms with E-state index in [1.165, 1.54) is 6.42 Å². The van der Waals surface area contributed by atoms with E-state index < -0.39 is 5.54 Å². The van der Waals surface area contributed by atoms with Crippen molar-refractivity contribution < 1.29 is 4.39 Å². The SMILES string of the molecule is CC(C)c1cc(Cl)c(F)c(C2(N)CCCCC2)c1. The molecular weight excluding hydrogens is 249 g/mol. The van der Waals surface area contributed by atoms with E-state index in [1.807, 2.05) is 6.07 Å². The average Bonchev–Trinajstić information content (AvgIpc) is 2.33. The first-order valence-electron chi connectivity index (χ1n) is 6.72. The standard InChI is InChI=1S/C15H21ClFN/c1-10(2)11-8-12(14(17)13(16)9-11)15(18)6-4-3-5-7-15/h8-10H,3-7,18H2,1-2H3. The van der Waals surface area contributed by atoms with Gasteiger partial charge in [0.2, 0.25) is 0 Å². The van der Waals surface area contributed by atoms with E-state index in [0.29, 0.717) is 11.5 Å². The predicted molar refractivity (Wildman–Crippen MR) is 74.4 cm³/mol. The highest BCUT2D eigenvalue weighted by Gasteiger charge is 2.33. The zero-order valence-electron chi connectivity index (χ0n) is 11.1. The van der Waals surface area contributed by atoms with Crippen LogP contribution in [0.15, 0.2) is 12.1 Å². The first-order valence-corrected chi connectivity index (χ1v) is 7.10. The Morgan fingerprint density at radius 3 is 2.39 bits per heavy atom. The molecule has 3 heteroatoms. The van der Waals surface area contributed by atoms with Crippen molar-refractivity contribution in [3.63, 3.8) is 0 Å². The average molecular weight is 270 g/mol. The second-order valence-corrected chi connectivity index (χ2v) is 6.14. The number of halogens is 2. The molecule has 1 aromatic rings. The van der Waals surface area contributed by atoms with Crippen molar-refractivity contribution in [2.45, 2.75) is 57.4 Å². The van der Waals surface area contributed by atoms with Crippen LogP contribution in [0.2, 0.25) is 5.02 Å². The molecule has 0 unspecified atom stereocenters. The van der Waals surface area contributed by atoms with Crippen LogP contribution in [0, 0.1) is 5.82 Å². The molecule has 2 N–H and O–H groups in total.